The smallest absolute Gasteiger partial charge is 0.214 e. The second-order valence-electron chi connectivity index (χ2n) is 11.8. The highest BCUT2D eigenvalue weighted by molar-refractivity contribution is 7.90. The molecule has 5 nitrogen and oxygen atoms in total. The SMILES string of the molecule is CC(C)(C)C(C)(C)C.CC(C)NS(=O)(=O)C1CC1.CC(C)OC/C=C/COC(C)(C)C. The van der Waals surface area contributed by atoms with Crippen LogP contribution in [0.2, 0.25) is 0 Å². The maximum atomic E-state index is 11.1. The molecule has 0 atom stereocenters. The molecular formula is C25H53NO4S. The molecule has 31 heavy (non-hydrogen) atoms. The fourth-order valence-electron chi connectivity index (χ4n) is 1.49. The molecule has 0 saturated heterocycles. The van der Waals surface area contributed by atoms with Crippen LogP contribution in [0, 0.1) is 10.8 Å². The van der Waals surface area contributed by atoms with Crippen molar-refractivity contribution in [2.24, 2.45) is 10.8 Å². The van der Waals surface area contributed by atoms with Gasteiger partial charge in [-0.05, 0) is 72.1 Å². The van der Waals surface area contributed by atoms with Gasteiger partial charge in [0.2, 0.25) is 10.0 Å². The van der Waals surface area contributed by atoms with Gasteiger partial charge in [-0.3, -0.25) is 0 Å². The van der Waals surface area contributed by atoms with Crippen LogP contribution in [-0.4, -0.2) is 44.6 Å². The molecule has 0 aromatic carbocycles. The Hall–Kier alpha value is -0.430. The van der Waals surface area contributed by atoms with Crippen molar-refractivity contribution in [3.63, 3.8) is 0 Å². The lowest BCUT2D eigenvalue weighted by Gasteiger charge is -2.34. The Kier molecular flexibility index (Phi) is 14.8. The van der Waals surface area contributed by atoms with Crippen LogP contribution >= 0.6 is 0 Å². The first-order chi connectivity index (χ1) is 13.7. The van der Waals surface area contributed by atoms with Crippen LogP contribution in [-0.2, 0) is 19.5 Å². The third-order valence-electron chi connectivity index (χ3n) is 4.92. The van der Waals surface area contributed by atoms with Crippen LogP contribution in [0.3, 0.4) is 0 Å². The zero-order chi connectivity index (χ0) is 25.1. The van der Waals surface area contributed by atoms with Crippen molar-refractivity contribution in [1.82, 2.24) is 4.72 Å². The Morgan fingerprint density at radius 1 is 0.839 bits per heavy atom. The fraction of sp³-hybridized carbons (Fsp3) is 0.920. The topological polar surface area (TPSA) is 64.6 Å². The van der Waals surface area contributed by atoms with Crippen LogP contribution in [0.15, 0.2) is 12.2 Å². The van der Waals surface area contributed by atoms with Gasteiger partial charge in [-0.1, -0.05) is 53.7 Å². The van der Waals surface area contributed by atoms with Crippen LogP contribution in [0.4, 0.5) is 0 Å². The fourth-order valence-corrected chi connectivity index (χ4v) is 3.09. The molecule has 1 N–H and O–H groups in total. The molecule has 0 spiro atoms. The van der Waals surface area contributed by atoms with E-state index in [9.17, 15) is 8.42 Å². The van der Waals surface area contributed by atoms with Crippen molar-refractivity contribution < 1.29 is 17.9 Å². The van der Waals surface area contributed by atoms with Gasteiger partial charge in [-0.25, -0.2) is 13.1 Å². The minimum Gasteiger partial charge on any atom is -0.375 e. The molecule has 0 aromatic rings. The second-order valence-corrected chi connectivity index (χ2v) is 13.8. The van der Waals surface area contributed by atoms with Crippen LogP contribution < -0.4 is 4.72 Å². The Morgan fingerprint density at radius 3 is 1.55 bits per heavy atom. The van der Waals surface area contributed by atoms with E-state index in [-0.39, 0.29) is 16.9 Å². The summed E-state index contributed by atoms with van der Waals surface area (Å²) in [4.78, 5) is 0. The summed E-state index contributed by atoms with van der Waals surface area (Å²) in [6, 6.07) is 0.0330. The van der Waals surface area contributed by atoms with Crippen molar-refractivity contribution >= 4 is 10.0 Å². The first kappa shape index (κ1) is 32.7. The van der Waals surface area contributed by atoms with Crippen molar-refractivity contribution in [2.75, 3.05) is 13.2 Å². The molecule has 0 unspecified atom stereocenters. The highest BCUT2D eigenvalue weighted by Crippen LogP contribution is 2.36. The van der Waals surface area contributed by atoms with Gasteiger partial charge >= 0.3 is 0 Å². The minimum atomic E-state index is -2.94. The van der Waals surface area contributed by atoms with E-state index < -0.39 is 10.0 Å². The quantitative estimate of drug-likeness (QED) is 0.427. The van der Waals surface area contributed by atoms with E-state index in [1.54, 1.807) is 0 Å². The Morgan fingerprint density at radius 2 is 1.26 bits per heavy atom. The van der Waals surface area contributed by atoms with Crippen molar-refractivity contribution in [2.45, 2.75) is 126 Å². The average molecular weight is 464 g/mol. The zero-order valence-electron chi connectivity index (χ0n) is 22.8. The lowest BCUT2D eigenvalue weighted by molar-refractivity contribution is 0.0145. The van der Waals surface area contributed by atoms with E-state index in [0.29, 0.717) is 30.1 Å². The largest absolute Gasteiger partial charge is 0.375 e. The van der Waals surface area contributed by atoms with Crippen molar-refractivity contribution in [3.05, 3.63) is 12.2 Å². The van der Waals surface area contributed by atoms with Gasteiger partial charge < -0.3 is 9.47 Å². The van der Waals surface area contributed by atoms with E-state index in [1.807, 2.05) is 60.6 Å². The lowest BCUT2D eigenvalue weighted by atomic mass is 9.71. The van der Waals surface area contributed by atoms with Crippen LogP contribution in [0.5, 0.6) is 0 Å². The predicted molar refractivity (Wildman–Crippen MR) is 135 cm³/mol. The molecule has 0 radical (unpaired) electrons. The maximum Gasteiger partial charge on any atom is 0.214 e. The van der Waals surface area contributed by atoms with E-state index >= 15 is 0 Å². The van der Waals surface area contributed by atoms with Gasteiger partial charge in [-0.15, -0.1) is 0 Å². The monoisotopic (exact) mass is 463 g/mol. The maximum absolute atomic E-state index is 11.1. The number of hydrogen-bond donors (Lipinski definition) is 1. The molecule has 0 aliphatic heterocycles. The molecule has 0 amide bonds. The summed E-state index contributed by atoms with van der Waals surface area (Å²) in [5.74, 6) is 0. The van der Waals surface area contributed by atoms with Crippen molar-refractivity contribution in [1.29, 1.82) is 0 Å². The summed E-state index contributed by atoms with van der Waals surface area (Å²) >= 11 is 0. The van der Waals surface area contributed by atoms with E-state index in [0.717, 1.165) is 12.8 Å². The van der Waals surface area contributed by atoms with Gasteiger partial charge in [0.25, 0.3) is 0 Å². The van der Waals surface area contributed by atoms with Crippen molar-refractivity contribution in [3.8, 4) is 0 Å². The average Bonchev–Trinajstić information content (AvgIpc) is 3.32. The third-order valence-corrected chi connectivity index (χ3v) is 7.07. The Balaban J connectivity index is 0. The van der Waals surface area contributed by atoms with Gasteiger partial charge in [0.05, 0.1) is 30.2 Å². The molecule has 6 heteroatoms. The lowest BCUT2D eigenvalue weighted by Crippen LogP contribution is -2.32. The van der Waals surface area contributed by atoms with E-state index in [2.05, 4.69) is 46.3 Å². The molecule has 1 fully saturated rings. The normalized spacial score (nSPS) is 15.6. The van der Waals surface area contributed by atoms with Gasteiger partial charge in [0, 0.05) is 6.04 Å². The minimum absolute atomic E-state index is 0.0330. The second kappa shape index (κ2) is 14.0. The van der Waals surface area contributed by atoms with Crippen LogP contribution in [0.25, 0.3) is 0 Å². The summed E-state index contributed by atoms with van der Waals surface area (Å²) in [6.45, 7) is 28.8. The Bertz CT molecular complexity index is 572. The summed E-state index contributed by atoms with van der Waals surface area (Å²) in [6.07, 6.45) is 5.96. The number of nitrogens with one attached hydrogen (secondary N) is 1. The standard InChI is InChI=1S/C11H22O2.C8H18.C6H13NO2S/c1-10(2)12-8-6-7-9-13-11(3,4)5;1-7(2,3)8(4,5)6;1-5(2)7-10(8,9)6-3-4-6/h6-7,10H,8-9H2,1-5H3;1-6H3;5-7H,3-4H2,1-2H3/b7-6+;;. The zero-order valence-corrected chi connectivity index (χ0v) is 23.6. The molecule has 1 aliphatic rings. The molecule has 1 saturated carbocycles. The number of hydrogen-bond acceptors (Lipinski definition) is 4. The highest BCUT2D eigenvalue weighted by Gasteiger charge is 2.35. The van der Waals surface area contributed by atoms with Gasteiger partial charge in [0.15, 0.2) is 0 Å². The molecule has 0 heterocycles. The van der Waals surface area contributed by atoms with Gasteiger partial charge in [-0.2, -0.15) is 0 Å². The summed E-state index contributed by atoms with van der Waals surface area (Å²) < 4.78 is 35.6. The van der Waals surface area contributed by atoms with Crippen LogP contribution in [0.1, 0.15) is 103 Å². The first-order valence-corrected chi connectivity index (χ1v) is 13.2. The van der Waals surface area contributed by atoms with E-state index in [1.165, 1.54) is 0 Å². The van der Waals surface area contributed by atoms with E-state index in [4.69, 9.17) is 9.47 Å². The number of rotatable bonds is 8. The Labute approximate surface area is 194 Å². The predicted octanol–water partition coefficient (Wildman–Crippen LogP) is 6.34. The molecule has 1 rings (SSSR count). The first-order valence-electron chi connectivity index (χ1n) is 11.6. The highest BCUT2D eigenvalue weighted by atomic mass is 32.2. The molecule has 0 bridgehead atoms. The third kappa shape index (κ3) is 21.2. The molecule has 188 valence electrons. The molecule has 0 aromatic heterocycles. The number of ether oxygens (including phenoxy) is 2. The summed E-state index contributed by atoms with van der Waals surface area (Å²) in [5.41, 5.74) is 0.823. The number of sulfonamides is 1. The summed E-state index contributed by atoms with van der Waals surface area (Å²) in [7, 11) is -2.94. The van der Waals surface area contributed by atoms with Gasteiger partial charge in [0.1, 0.15) is 0 Å². The molecule has 1 aliphatic carbocycles. The molecular weight excluding hydrogens is 410 g/mol. The summed E-state index contributed by atoms with van der Waals surface area (Å²) in [5, 5.41) is -0.0881.